The number of nitrogens with two attached hydrogens (primary N) is 1. The molecule has 0 fully saturated rings. The van der Waals surface area contributed by atoms with Gasteiger partial charge in [0.1, 0.15) is 5.75 Å². The first-order valence-electron chi connectivity index (χ1n) is 7.44. The predicted octanol–water partition coefficient (Wildman–Crippen LogP) is 1.06. The van der Waals surface area contributed by atoms with E-state index in [1.165, 1.54) is 12.1 Å². The van der Waals surface area contributed by atoms with E-state index in [9.17, 15) is 19.8 Å². The molecule has 2 rings (SSSR count). The fourth-order valence-corrected chi connectivity index (χ4v) is 2.40. The molecule has 0 bridgehead atoms. The molecule has 0 aliphatic heterocycles. The first kappa shape index (κ1) is 17.5. The molecule has 0 aromatic heterocycles. The number of hydrogen-bond donors (Lipinski definition) is 4. The topological polar surface area (TPSA) is 113 Å². The monoisotopic (exact) mass is 328 g/mol. The summed E-state index contributed by atoms with van der Waals surface area (Å²) in [6.07, 6.45) is 0.0504. The molecule has 6 heteroatoms. The number of rotatable bonds is 6. The molecule has 1 unspecified atom stereocenters. The Hall–Kier alpha value is -2.86. The van der Waals surface area contributed by atoms with Gasteiger partial charge in [-0.2, -0.15) is 0 Å². The number of aliphatic hydroxyl groups is 1. The zero-order chi connectivity index (χ0) is 17.7. The third kappa shape index (κ3) is 4.11. The molecule has 0 saturated carbocycles. The van der Waals surface area contributed by atoms with E-state index in [1.54, 1.807) is 43.3 Å². The standard InChI is InChI=1S/C18H20N2O4/c1-18(11-21,14-5-7-15(22)8-6-14)20-16(23)10-12-3-2-4-13(9-12)17(19)24/h2-9,21-22H,10-11H2,1H3,(H2,19,24)(H,20,23). The Kier molecular flexibility index (Phi) is 5.21. The number of phenols is 1. The fourth-order valence-electron chi connectivity index (χ4n) is 2.40. The Morgan fingerprint density at radius 3 is 2.42 bits per heavy atom. The summed E-state index contributed by atoms with van der Waals surface area (Å²) < 4.78 is 0. The van der Waals surface area contributed by atoms with Crippen LogP contribution in [0.1, 0.15) is 28.4 Å². The van der Waals surface area contributed by atoms with E-state index >= 15 is 0 Å². The fraction of sp³-hybridized carbons (Fsp3) is 0.222. The second-order valence-corrected chi connectivity index (χ2v) is 5.83. The van der Waals surface area contributed by atoms with Crippen molar-refractivity contribution in [2.75, 3.05) is 6.61 Å². The largest absolute Gasteiger partial charge is 0.508 e. The number of amides is 2. The molecule has 2 aromatic carbocycles. The van der Waals surface area contributed by atoms with Crippen molar-refractivity contribution in [1.82, 2.24) is 5.32 Å². The molecule has 0 spiro atoms. The molecular formula is C18H20N2O4. The highest BCUT2D eigenvalue weighted by Gasteiger charge is 2.27. The maximum absolute atomic E-state index is 12.3. The van der Waals surface area contributed by atoms with Crippen LogP contribution in [0.15, 0.2) is 48.5 Å². The van der Waals surface area contributed by atoms with Crippen LogP contribution in [0.5, 0.6) is 5.75 Å². The maximum Gasteiger partial charge on any atom is 0.248 e. The molecule has 0 saturated heterocycles. The van der Waals surface area contributed by atoms with Crippen molar-refractivity contribution in [3.8, 4) is 5.75 Å². The number of benzene rings is 2. The van der Waals surface area contributed by atoms with Crippen LogP contribution in [-0.4, -0.2) is 28.6 Å². The van der Waals surface area contributed by atoms with Crippen LogP contribution in [0.2, 0.25) is 0 Å². The van der Waals surface area contributed by atoms with E-state index < -0.39 is 11.4 Å². The second-order valence-electron chi connectivity index (χ2n) is 5.83. The normalized spacial score (nSPS) is 13.1. The lowest BCUT2D eigenvalue weighted by Crippen LogP contribution is -2.46. The molecule has 0 aliphatic carbocycles. The van der Waals surface area contributed by atoms with Crippen molar-refractivity contribution in [2.24, 2.45) is 5.73 Å². The average Bonchev–Trinajstić information content (AvgIpc) is 2.55. The average molecular weight is 328 g/mol. The molecule has 0 aliphatic rings. The summed E-state index contributed by atoms with van der Waals surface area (Å²) in [5.74, 6) is -0.753. The van der Waals surface area contributed by atoms with E-state index in [1.807, 2.05) is 0 Å². The summed E-state index contributed by atoms with van der Waals surface area (Å²) in [5, 5.41) is 21.8. The van der Waals surface area contributed by atoms with Gasteiger partial charge in [-0.05, 0) is 42.3 Å². The van der Waals surface area contributed by atoms with Crippen molar-refractivity contribution < 1.29 is 19.8 Å². The summed E-state index contributed by atoms with van der Waals surface area (Å²) in [6, 6.07) is 12.8. The van der Waals surface area contributed by atoms with Crippen LogP contribution in [0, 0.1) is 0 Å². The summed E-state index contributed by atoms with van der Waals surface area (Å²) in [6.45, 7) is 1.39. The van der Waals surface area contributed by atoms with Gasteiger partial charge in [0.2, 0.25) is 11.8 Å². The van der Waals surface area contributed by atoms with Crippen molar-refractivity contribution in [3.05, 3.63) is 65.2 Å². The van der Waals surface area contributed by atoms with Gasteiger partial charge in [-0.15, -0.1) is 0 Å². The molecule has 126 valence electrons. The van der Waals surface area contributed by atoms with Crippen molar-refractivity contribution in [2.45, 2.75) is 18.9 Å². The van der Waals surface area contributed by atoms with Gasteiger partial charge in [0.25, 0.3) is 0 Å². The van der Waals surface area contributed by atoms with Crippen LogP contribution in [0.25, 0.3) is 0 Å². The van der Waals surface area contributed by atoms with Crippen LogP contribution in [0.4, 0.5) is 0 Å². The highest BCUT2D eigenvalue weighted by Crippen LogP contribution is 2.22. The number of phenolic OH excluding ortho intramolecular Hbond substituents is 1. The molecule has 1 atom stereocenters. The number of nitrogens with one attached hydrogen (secondary N) is 1. The molecule has 0 radical (unpaired) electrons. The zero-order valence-electron chi connectivity index (χ0n) is 13.3. The highest BCUT2D eigenvalue weighted by atomic mass is 16.3. The van der Waals surface area contributed by atoms with Gasteiger partial charge in [0.05, 0.1) is 18.6 Å². The number of carbonyl (C=O) groups is 2. The smallest absolute Gasteiger partial charge is 0.248 e. The summed E-state index contributed by atoms with van der Waals surface area (Å²) in [4.78, 5) is 23.5. The Morgan fingerprint density at radius 1 is 1.17 bits per heavy atom. The first-order valence-corrected chi connectivity index (χ1v) is 7.44. The maximum atomic E-state index is 12.3. The minimum atomic E-state index is -0.980. The van der Waals surface area contributed by atoms with Gasteiger partial charge in [-0.1, -0.05) is 24.3 Å². The lowest BCUT2D eigenvalue weighted by atomic mass is 9.92. The minimum absolute atomic E-state index is 0.0504. The van der Waals surface area contributed by atoms with Crippen molar-refractivity contribution >= 4 is 11.8 Å². The molecule has 2 amide bonds. The zero-order valence-corrected chi connectivity index (χ0v) is 13.3. The van der Waals surface area contributed by atoms with Crippen molar-refractivity contribution in [1.29, 1.82) is 0 Å². The number of aliphatic hydroxyl groups excluding tert-OH is 1. The van der Waals surface area contributed by atoms with E-state index in [-0.39, 0.29) is 24.7 Å². The van der Waals surface area contributed by atoms with E-state index in [2.05, 4.69) is 5.32 Å². The number of primary amides is 1. The van der Waals surface area contributed by atoms with Crippen LogP contribution >= 0.6 is 0 Å². The van der Waals surface area contributed by atoms with E-state index in [0.29, 0.717) is 16.7 Å². The van der Waals surface area contributed by atoms with Gasteiger partial charge in [0, 0.05) is 5.56 Å². The molecule has 6 nitrogen and oxygen atoms in total. The molecule has 2 aromatic rings. The Bertz CT molecular complexity index is 743. The summed E-state index contributed by atoms with van der Waals surface area (Å²) >= 11 is 0. The van der Waals surface area contributed by atoms with E-state index in [4.69, 9.17) is 5.73 Å². The number of aromatic hydroxyl groups is 1. The lowest BCUT2D eigenvalue weighted by molar-refractivity contribution is -0.122. The minimum Gasteiger partial charge on any atom is -0.508 e. The number of carbonyl (C=O) groups excluding carboxylic acids is 2. The lowest BCUT2D eigenvalue weighted by Gasteiger charge is -2.29. The quantitative estimate of drug-likeness (QED) is 0.635. The molecular weight excluding hydrogens is 308 g/mol. The van der Waals surface area contributed by atoms with Crippen LogP contribution in [-0.2, 0) is 16.8 Å². The third-order valence-corrected chi connectivity index (χ3v) is 3.81. The third-order valence-electron chi connectivity index (χ3n) is 3.81. The first-order chi connectivity index (χ1) is 11.3. The summed E-state index contributed by atoms with van der Waals surface area (Å²) in [5.41, 5.74) is 5.91. The Balaban J connectivity index is 2.13. The van der Waals surface area contributed by atoms with Crippen molar-refractivity contribution in [3.63, 3.8) is 0 Å². The SMILES string of the molecule is CC(CO)(NC(=O)Cc1cccc(C(N)=O)c1)c1ccc(O)cc1. The van der Waals surface area contributed by atoms with Crippen LogP contribution in [0.3, 0.4) is 0 Å². The highest BCUT2D eigenvalue weighted by molar-refractivity contribution is 5.93. The molecule has 24 heavy (non-hydrogen) atoms. The van der Waals surface area contributed by atoms with Crippen LogP contribution < -0.4 is 11.1 Å². The Labute approximate surface area is 139 Å². The molecule has 5 N–H and O–H groups in total. The Morgan fingerprint density at radius 2 is 1.83 bits per heavy atom. The van der Waals surface area contributed by atoms with E-state index in [0.717, 1.165) is 0 Å². The molecule has 0 heterocycles. The van der Waals surface area contributed by atoms with Gasteiger partial charge in [-0.25, -0.2) is 0 Å². The summed E-state index contributed by atoms with van der Waals surface area (Å²) in [7, 11) is 0. The second kappa shape index (κ2) is 7.14. The van der Waals surface area contributed by atoms with Gasteiger partial charge in [0.15, 0.2) is 0 Å². The van der Waals surface area contributed by atoms with Gasteiger partial charge < -0.3 is 21.3 Å². The van der Waals surface area contributed by atoms with Gasteiger partial charge >= 0.3 is 0 Å². The number of hydrogen-bond acceptors (Lipinski definition) is 4. The van der Waals surface area contributed by atoms with Gasteiger partial charge in [-0.3, -0.25) is 9.59 Å². The predicted molar refractivity (Wildman–Crippen MR) is 89.4 cm³/mol.